The first-order valence-corrected chi connectivity index (χ1v) is 11.3. The van der Waals surface area contributed by atoms with E-state index in [0.29, 0.717) is 17.7 Å². The number of rotatable bonds is 8. The highest BCUT2D eigenvalue weighted by molar-refractivity contribution is 7.99. The maximum Gasteiger partial charge on any atom is 0.329 e. The van der Waals surface area contributed by atoms with E-state index in [1.54, 1.807) is 0 Å². The van der Waals surface area contributed by atoms with Crippen molar-refractivity contribution in [3.05, 3.63) is 26.4 Å². The molecule has 0 radical (unpaired) electrons. The highest BCUT2D eigenvalue weighted by Gasteiger charge is 2.32. The Labute approximate surface area is 177 Å². The maximum atomic E-state index is 12.9. The number of nitrogens with two attached hydrogens (primary N) is 1. The van der Waals surface area contributed by atoms with E-state index in [2.05, 4.69) is 24.6 Å². The van der Waals surface area contributed by atoms with E-state index in [9.17, 15) is 14.4 Å². The molecule has 1 saturated heterocycles. The Hall–Kier alpha value is -2.56. The van der Waals surface area contributed by atoms with E-state index in [4.69, 9.17) is 5.73 Å². The molecular weight excluding hydrogens is 406 g/mol. The molecule has 1 saturated carbocycles. The van der Waals surface area contributed by atoms with Crippen molar-refractivity contribution in [2.75, 3.05) is 29.5 Å². The zero-order valence-electron chi connectivity index (χ0n) is 17.3. The lowest BCUT2D eigenvalue weighted by molar-refractivity contribution is 0.102. The number of thioether (sulfide) groups is 1. The minimum absolute atomic E-state index is 0.00197. The Balaban J connectivity index is 1.56. The number of H-pyrrole nitrogens is 1. The van der Waals surface area contributed by atoms with Gasteiger partial charge in [-0.2, -0.15) is 0 Å². The molecule has 0 bridgehead atoms. The van der Waals surface area contributed by atoms with Gasteiger partial charge in [0.25, 0.3) is 5.56 Å². The quantitative estimate of drug-likeness (QED) is 0.470. The van der Waals surface area contributed by atoms with Crippen LogP contribution >= 0.6 is 11.8 Å². The average molecular weight is 434 g/mol. The molecule has 1 aliphatic carbocycles. The number of carbonyl (C=O) groups is 1. The summed E-state index contributed by atoms with van der Waals surface area (Å²) in [5, 5.41) is 9.36. The van der Waals surface area contributed by atoms with Gasteiger partial charge in [-0.25, -0.2) is 4.79 Å². The van der Waals surface area contributed by atoms with Crippen LogP contribution in [-0.2, 0) is 6.54 Å². The number of carbonyl (C=O) groups excluding carboxylic acids is 1. The van der Waals surface area contributed by atoms with E-state index >= 15 is 0 Å². The number of ketones is 1. The Bertz CT molecular complexity index is 1060. The number of anilines is 2. The number of Topliss-reactive ketones (excluding diaryl/α,β-unsaturated/α-hetero) is 1. The van der Waals surface area contributed by atoms with Crippen LogP contribution in [0.3, 0.4) is 0 Å². The van der Waals surface area contributed by atoms with Crippen molar-refractivity contribution in [2.45, 2.75) is 57.3 Å². The van der Waals surface area contributed by atoms with Crippen molar-refractivity contribution in [3.63, 3.8) is 0 Å². The summed E-state index contributed by atoms with van der Waals surface area (Å²) in [5.74, 6) is 0.494. The zero-order valence-corrected chi connectivity index (χ0v) is 18.1. The van der Waals surface area contributed by atoms with Crippen LogP contribution < -0.4 is 21.9 Å². The van der Waals surface area contributed by atoms with Gasteiger partial charge in [-0.05, 0) is 31.6 Å². The molecule has 10 nitrogen and oxygen atoms in total. The molecule has 2 aliphatic rings. The molecule has 30 heavy (non-hydrogen) atoms. The van der Waals surface area contributed by atoms with Gasteiger partial charge in [-0.15, -0.1) is 10.2 Å². The summed E-state index contributed by atoms with van der Waals surface area (Å²) in [6, 6.07) is 0.370. The van der Waals surface area contributed by atoms with Gasteiger partial charge in [0, 0.05) is 25.7 Å². The van der Waals surface area contributed by atoms with Crippen LogP contribution in [0.1, 0.15) is 55.9 Å². The Morgan fingerprint density at radius 3 is 2.57 bits per heavy atom. The molecule has 2 fully saturated rings. The summed E-state index contributed by atoms with van der Waals surface area (Å²) in [6.07, 6.45) is 4.44. The first kappa shape index (κ1) is 20.7. The van der Waals surface area contributed by atoms with Crippen LogP contribution in [-0.4, -0.2) is 48.9 Å². The number of aromatic nitrogens is 5. The van der Waals surface area contributed by atoms with Gasteiger partial charge in [0.2, 0.25) is 5.95 Å². The predicted molar refractivity (Wildman–Crippen MR) is 115 cm³/mol. The van der Waals surface area contributed by atoms with Gasteiger partial charge in [0.1, 0.15) is 11.4 Å². The van der Waals surface area contributed by atoms with Crippen molar-refractivity contribution >= 4 is 29.3 Å². The van der Waals surface area contributed by atoms with E-state index in [-0.39, 0.29) is 23.1 Å². The Kier molecular flexibility index (Phi) is 5.72. The van der Waals surface area contributed by atoms with Gasteiger partial charge < -0.3 is 10.6 Å². The smallest absolute Gasteiger partial charge is 0.329 e. The first-order chi connectivity index (χ1) is 14.4. The van der Waals surface area contributed by atoms with Gasteiger partial charge in [0.05, 0.1) is 5.75 Å². The second-order valence-corrected chi connectivity index (χ2v) is 9.26. The average Bonchev–Trinajstić information content (AvgIpc) is 3.21. The van der Waals surface area contributed by atoms with E-state index in [0.717, 1.165) is 44.7 Å². The lowest BCUT2D eigenvalue weighted by atomic mass is 10.2. The molecule has 3 N–H and O–H groups in total. The molecule has 1 aliphatic heterocycles. The van der Waals surface area contributed by atoms with Crippen LogP contribution in [0.15, 0.2) is 14.7 Å². The van der Waals surface area contributed by atoms with E-state index in [1.165, 1.54) is 16.3 Å². The summed E-state index contributed by atoms with van der Waals surface area (Å²) >= 11 is 1.26. The minimum atomic E-state index is -0.746. The fourth-order valence-corrected chi connectivity index (χ4v) is 4.63. The topological polar surface area (TPSA) is 132 Å². The molecule has 0 spiro atoms. The van der Waals surface area contributed by atoms with Gasteiger partial charge >= 0.3 is 5.69 Å². The molecule has 0 atom stereocenters. The molecule has 0 aromatic carbocycles. The summed E-state index contributed by atoms with van der Waals surface area (Å²) in [6.45, 7) is 6.12. The second-order valence-electron chi connectivity index (χ2n) is 8.31. The third kappa shape index (κ3) is 4.03. The third-order valence-electron chi connectivity index (χ3n) is 5.35. The summed E-state index contributed by atoms with van der Waals surface area (Å²) in [5.41, 5.74) is 4.54. The van der Waals surface area contributed by atoms with E-state index < -0.39 is 17.0 Å². The molecule has 4 rings (SSSR count). The number of hydrogen-bond acceptors (Lipinski definition) is 8. The van der Waals surface area contributed by atoms with Crippen molar-refractivity contribution < 1.29 is 4.79 Å². The molecular formula is C19H27N7O3S. The molecule has 162 valence electrons. The fourth-order valence-electron chi connectivity index (χ4n) is 3.76. The standard InChI is InChI=1S/C19H27N7O3S/c1-11(2)9-25-15(20)14(16(28)21-18(25)29)13(27)10-30-19-23-22-17(24-7-3-4-8-24)26(19)12-5-6-12/h11-12H,3-10,20H2,1-2H3,(H,21,28,29). The normalized spacial score (nSPS) is 16.6. The predicted octanol–water partition coefficient (Wildman–Crippen LogP) is 1.28. The van der Waals surface area contributed by atoms with Crippen molar-refractivity contribution in [1.29, 1.82) is 0 Å². The number of nitrogens with zero attached hydrogens (tertiary/aromatic N) is 5. The van der Waals surface area contributed by atoms with Crippen LogP contribution in [0, 0.1) is 5.92 Å². The largest absolute Gasteiger partial charge is 0.384 e. The van der Waals surface area contributed by atoms with Crippen molar-refractivity contribution in [1.82, 2.24) is 24.3 Å². The second kappa shape index (κ2) is 8.29. The molecule has 0 unspecified atom stereocenters. The van der Waals surface area contributed by atoms with Crippen LogP contribution in [0.4, 0.5) is 11.8 Å². The SMILES string of the molecule is CC(C)Cn1c(N)c(C(=O)CSc2nnc(N3CCCC3)n2C2CC2)c(=O)[nH]c1=O. The Morgan fingerprint density at radius 1 is 1.23 bits per heavy atom. The lowest BCUT2D eigenvalue weighted by Gasteiger charge is -2.18. The maximum absolute atomic E-state index is 12.9. The zero-order chi connectivity index (χ0) is 21.4. The third-order valence-corrected chi connectivity index (χ3v) is 6.29. The van der Waals surface area contributed by atoms with Gasteiger partial charge in [0.15, 0.2) is 10.9 Å². The van der Waals surface area contributed by atoms with Crippen LogP contribution in [0.5, 0.6) is 0 Å². The summed E-state index contributed by atoms with van der Waals surface area (Å²) in [7, 11) is 0. The first-order valence-electron chi connectivity index (χ1n) is 10.3. The van der Waals surface area contributed by atoms with Crippen LogP contribution in [0.25, 0.3) is 0 Å². The summed E-state index contributed by atoms with van der Waals surface area (Å²) < 4.78 is 3.37. The minimum Gasteiger partial charge on any atom is -0.384 e. The molecule has 11 heteroatoms. The molecule has 2 aromatic heterocycles. The fraction of sp³-hybridized carbons (Fsp3) is 0.632. The highest BCUT2D eigenvalue weighted by Crippen LogP contribution is 2.41. The molecule has 3 heterocycles. The number of aromatic amines is 1. The molecule has 2 aromatic rings. The number of hydrogen-bond donors (Lipinski definition) is 2. The van der Waals surface area contributed by atoms with Crippen molar-refractivity contribution in [3.8, 4) is 0 Å². The highest BCUT2D eigenvalue weighted by atomic mass is 32.2. The van der Waals surface area contributed by atoms with Gasteiger partial charge in [-0.1, -0.05) is 25.6 Å². The Morgan fingerprint density at radius 2 is 1.93 bits per heavy atom. The number of nitrogens with one attached hydrogen (secondary N) is 1. The van der Waals surface area contributed by atoms with Gasteiger partial charge in [-0.3, -0.25) is 23.7 Å². The lowest BCUT2D eigenvalue weighted by Crippen LogP contribution is -2.37. The van der Waals surface area contributed by atoms with E-state index in [1.807, 2.05) is 13.8 Å². The van der Waals surface area contributed by atoms with Crippen LogP contribution in [0.2, 0.25) is 0 Å². The number of nitrogen functional groups attached to an aromatic ring is 1. The molecule has 0 amide bonds. The monoisotopic (exact) mass is 433 g/mol. The van der Waals surface area contributed by atoms with Crippen molar-refractivity contribution in [2.24, 2.45) is 5.92 Å². The summed E-state index contributed by atoms with van der Waals surface area (Å²) in [4.78, 5) is 41.7.